The molecule has 0 radical (unpaired) electrons. The zero-order chi connectivity index (χ0) is 16.2. The van der Waals surface area contributed by atoms with Gasteiger partial charge in [-0.15, -0.1) is 0 Å². The molecule has 1 nitrogen and oxygen atoms in total. The van der Waals surface area contributed by atoms with Crippen LogP contribution in [0.4, 0.5) is 0 Å². The van der Waals surface area contributed by atoms with Crippen molar-refractivity contribution in [2.75, 3.05) is 0 Å². The molecule has 0 spiro atoms. The smallest absolute Gasteiger partial charge is 0.0877 e. The summed E-state index contributed by atoms with van der Waals surface area (Å²) in [7, 11) is -1.54. The number of rotatable bonds is 3. The third-order valence-corrected chi connectivity index (χ3v) is 4.94. The molecule has 0 amide bonds. The van der Waals surface area contributed by atoms with Gasteiger partial charge in [0.05, 0.1) is 5.41 Å². The van der Waals surface area contributed by atoms with E-state index < -0.39 is 7.80 Å². The first-order valence-corrected chi connectivity index (χ1v) is 8.47. The Balaban J connectivity index is 2.26. The van der Waals surface area contributed by atoms with Crippen LogP contribution in [0, 0.1) is 11.8 Å². The van der Waals surface area contributed by atoms with Gasteiger partial charge in [0, 0.05) is 0 Å². The fourth-order valence-electron chi connectivity index (χ4n) is 2.06. The number of benzene rings is 2. The van der Waals surface area contributed by atoms with E-state index in [-0.39, 0.29) is 5.41 Å². The van der Waals surface area contributed by atoms with E-state index >= 15 is 0 Å². The maximum Gasteiger partial charge on any atom is 0.415 e. The molecule has 22 heavy (non-hydrogen) atoms. The molecule has 0 heterocycles. The molecule has 0 saturated heterocycles. The van der Waals surface area contributed by atoms with Crippen LogP contribution in [0.2, 0.25) is 0 Å². The highest BCUT2D eigenvalue weighted by Gasteiger charge is 2.24. The minimum atomic E-state index is -1.54. The van der Waals surface area contributed by atoms with Gasteiger partial charge in [0.1, 0.15) is 0 Å². The van der Waals surface area contributed by atoms with Crippen LogP contribution in [0.25, 0.3) is 0 Å². The van der Waals surface area contributed by atoms with E-state index in [1.54, 1.807) is 0 Å². The third kappa shape index (κ3) is 3.94. The summed E-state index contributed by atoms with van der Waals surface area (Å²) in [5.74, 6) is 6.28. The van der Waals surface area contributed by atoms with E-state index in [1.807, 2.05) is 61.5 Å². The molecule has 2 heteroatoms. The van der Waals surface area contributed by atoms with Crippen molar-refractivity contribution in [3.05, 3.63) is 72.3 Å². The Morgan fingerprint density at radius 2 is 1.55 bits per heavy atom. The van der Waals surface area contributed by atoms with Crippen molar-refractivity contribution in [3.63, 3.8) is 0 Å². The Kier molecular flexibility index (Phi) is 4.96. The summed E-state index contributed by atoms with van der Waals surface area (Å²) in [6.45, 7) is 9.87. The third-order valence-electron chi connectivity index (χ3n) is 3.40. The molecule has 2 aromatic carbocycles. The van der Waals surface area contributed by atoms with Gasteiger partial charge < -0.3 is 0 Å². The first kappa shape index (κ1) is 16.2. The quantitative estimate of drug-likeness (QED) is 0.609. The van der Waals surface area contributed by atoms with Gasteiger partial charge in [0.15, 0.2) is 10.6 Å². The molecule has 0 bridgehead atoms. The summed E-state index contributed by atoms with van der Waals surface area (Å²) in [5, 5.41) is 1.69. The van der Waals surface area contributed by atoms with Crippen molar-refractivity contribution in [2.45, 2.75) is 26.2 Å². The van der Waals surface area contributed by atoms with E-state index in [4.69, 9.17) is 0 Å². The lowest BCUT2D eigenvalue weighted by Crippen LogP contribution is -2.15. The van der Waals surface area contributed by atoms with E-state index in [0.29, 0.717) is 0 Å². The average Bonchev–Trinajstić information content (AvgIpc) is 2.53. The zero-order valence-electron chi connectivity index (χ0n) is 13.3. The summed E-state index contributed by atoms with van der Waals surface area (Å²) < 4.78 is 12.5. The second-order valence-electron chi connectivity index (χ2n) is 5.83. The van der Waals surface area contributed by atoms with Crippen molar-refractivity contribution in [2.24, 2.45) is 0 Å². The molecule has 0 aliphatic carbocycles. The molecule has 0 aliphatic heterocycles. The molecule has 2 rings (SSSR count). The highest BCUT2D eigenvalue weighted by Crippen LogP contribution is 2.24. The number of hydrogen-bond donors (Lipinski definition) is 0. The van der Waals surface area contributed by atoms with Crippen LogP contribution in [0.3, 0.4) is 0 Å². The van der Waals surface area contributed by atoms with E-state index in [9.17, 15) is 4.57 Å². The second kappa shape index (κ2) is 6.73. The lowest BCUT2D eigenvalue weighted by atomic mass is 9.85. The average molecular weight is 307 g/mol. The monoisotopic (exact) mass is 307 g/mol. The van der Waals surface area contributed by atoms with Gasteiger partial charge in [-0.05, 0) is 56.2 Å². The minimum Gasteiger partial charge on any atom is -0.0877 e. The molecule has 0 saturated carbocycles. The largest absolute Gasteiger partial charge is 0.415 e. The topological polar surface area (TPSA) is 17.1 Å². The summed E-state index contributed by atoms with van der Waals surface area (Å²) in [5.41, 5.74) is 1.72. The molecule has 0 fully saturated rings. The van der Waals surface area contributed by atoms with Gasteiger partial charge in [-0.2, -0.15) is 0 Å². The van der Waals surface area contributed by atoms with Crippen molar-refractivity contribution >= 4 is 18.4 Å². The molecular weight excluding hydrogens is 287 g/mol. The fourth-order valence-corrected chi connectivity index (χ4v) is 3.22. The van der Waals surface area contributed by atoms with Crippen LogP contribution in [-0.2, 0) is 9.98 Å². The summed E-state index contributed by atoms with van der Waals surface area (Å²) >= 11 is 0. The highest BCUT2D eigenvalue weighted by atomic mass is 31.1. The Morgan fingerprint density at radius 3 is 2.09 bits per heavy atom. The van der Waals surface area contributed by atoms with Crippen LogP contribution < -0.4 is 10.6 Å². The van der Waals surface area contributed by atoms with Crippen molar-refractivity contribution in [3.8, 4) is 11.8 Å². The molecule has 2 aromatic rings. The maximum absolute atomic E-state index is 12.5. The van der Waals surface area contributed by atoms with E-state index in [1.165, 1.54) is 0 Å². The molecule has 0 N–H and O–H groups in total. The molecule has 0 aliphatic rings. The van der Waals surface area contributed by atoms with Crippen LogP contribution in [-0.4, -0.2) is 0 Å². The predicted molar refractivity (Wildman–Crippen MR) is 95.4 cm³/mol. The standard InChI is InChI=1S/C20H20OP/c1-16(2)14-15-20(3,4)17-10-12-19(13-11-17)22(21)18-8-6-5-7-9-18/h5-13H,1H2,2-4H3/q+1. The van der Waals surface area contributed by atoms with Crippen LogP contribution in [0.1, 0.15) is 26.3 Å². The first-order chi connectivity index (χ1) is 10.4. The Hall–Kier alpha value is -2.16. The van der Waals surface area contributed by atoms with Crippen molar-refractivity contribution in [1.29, 1.82) is 0 Å². The molecule has 0 aromatic heterocycles. The molecule has 110 valence electrons. The van der Waals surface area contributed by atoms with Gasteiger partial charge in [-0.3, -0.25) is 0 Å². The van der Waals surface area contributed by atoms with Crippen molar-refractivity contribution < 1.29 is 4.57 Å². The summed E-state index contributed by atoms with van der Waals surface area (Å²) in [6.07, 6.45) is 0. The van der Waals surface area contributed by atoms with Gasteiger partial charge in [0.25, 0.3) is 0 Å². The highest BCUT2D eigenvalue weighted by molar-refractivity contribution is 7.61. The van der Waals surface area contributed by atoms with Gasteiger partial charge >= 0.3 is 7.80 Å². The normalized spacial score (nSPS) is 11.3. The van der Waals surface area contributed by atoms with Crippen molar-refractivity contribution in [1.82, 2.24) is 0 Å². The predicted octanol–water partition coefficient (Wildman–Crippen LogP) is 4.32. The van der Waals surface area contributed by atoms with E-state index in [0.717, 1.165) is 21.7 Å². The molecular formula is C20H20OP+. The zero-order valence-corrected chi connectivity index (χ0v) is 14.2. The Bertz CT molecular complexity index is 744. The maximum atomic E-state index is 12.5. The number of allylic oxidation sites excluding steroid dienone is 1. The minimum absolute atomic E-state index is 0.254. The lowest BCUT2D eigenvalue weighted by molar-refractivity contribution is 0.598. The van der Waals surface area contributed by atoms with Gasteiger partial charge in [0.2, 0.25) is 0 Å². The summed E-state index contributed by atoms with van der Waals surface area (Å²) in [6, 6.07) is 17.4. The number of hydrogen-bond acceptors (Lipinski definition) is 1. The SMILES string of the molecule is C=C(C)C#CC(C)(C)c1ccc([P+](=O)c2ccccc2)cc1. The molecule has 1 atom stereocenters. The fraction of sp³-hybridized carbons (Fsp3) is 0.200. The van der Waals surface area contributed by atoms with Crippen LogP contribution >= 0.6 is 7.80 Å². The Morgan fingerprint density at radius 1 is 1.00 bits per heavy atom. The first-order valence-electron chi connectivity index (χ1n) is 7.22. The summed E-state index contributed by atoms with van der Waals surface area (Å²) in [4.78, 5) is 0. The molecule has 1 unspecified atom stereocenters. The lowest BCUT2D eigenvalue weighted by Gasteiger charge is -2.17. The second-order valence-corrected chi connectivity index (χ2v) is 7.45. The Labute approximate surface area is 133 Å². The van der Waals surface area contributed by atoms with Gasteiger partial charge in [-0.25, -0.2) is 0 Å². The van der Waals surface area contributed by atoms with Crippen LogP contribution in [0.15, 0.2) is 66.7 Å². The van der Waals surface area contributed by atoms with Crippen LogP contribution in [0.5, 0.6) is 0 Å². The van der Waals surface area contributed by atoms with E-state index in [2.05, 4.69) is 32.3 Å². The van der Waals surface area contributed by atoms with Gasteiger partial charge in [-0.1, -0.05) is 53.3 Å².